The summed E-state index contributed by atoms with van der Waals surface area (Å²) >= 11 is 0. The van der Waals surface area contributed by atoms with Gasteiger partial charge < -0.3 is 19.8 Å². The molecule has 2 N–H and O–H groups in total. The van der Waals surface area contributed by atoms with Gasteiger partial charge in [0.25, 0.3) is 5.91 Å². The highest BCUT2D eigenvalue weighted by Gasteiger charge is 2.10. The predicted molar refractivity (Wildman–Crippen MR) is 104 cm³/mol. The van der Waals surface area contributed by atoms with Gasteiger partial charge in [-0.25, -0.2) is 0 Å². The van der Waals surface area contributed by atoms with Crippen LogP contribution in [0.2, 0.25) is 0 Å². The average Bonchev–Trinajstić information content (AvgIpc) is 3.22. The van der Waals surface area contributed by atoms with Crippen LogP contribution in [0, 0.1) is 0 Å². The van der Waals surface area contributed by atoms with Crippen molar-refractivity contribution in [1.82, 2.24) is 0 Å². The summed E-state index contributed by atoms with van der Waals surface area (Å²) in [6.45, 7) is -2.96. The molecule has 148 valence electrons. The third-order valence-electron chi connectivity index (χ3n) is 3.68. The van der Waals surface area contributed by atoms with E-state index in [0.29, 0.717) is 16.9 Å². The van der Waals surface area contributed by atoms with E-state index in [1.807, 2.05) is 0 Å². The molecule has 0 aliphatic carbocycles. The second kappa shape index (κ2) is 9.32. The maximum absolute atomic E-state index is 12.4. The van der Waals surface area contributed by atoms with Crippen molar-refractivity contribution in [2.45, 2.75) is 6.61 Å². The Balaban J connectivity index is 1.64. The summed E-state index contributed by atoms with van der Waals surface area (Å²) in [5.41, 5.74) is 1.24. The van der Waals surface area contributed by atoms with Crippen LogP contribution in [0.5, 0.6) is 5.75 Å². The Labute approximate surface area is 164 Å². The van der Waals surface area contributed by atoms with E-state index in [9.17, 15) is 18.4 Å². The largest absolute Gasteiger partial charge is 0.459 e. The highest BCUT2D eigenvalue weighted by molar-refractivity contribution is 6.04. The number of ether oxygens (including phenoxy) is 1. The van der Waals surface area contributed by atoms with Gasteiger partial charge in [-0.15, -0.1) is 0 Å². The van der Waals surface area contributed by atoms with Crippen molar-refractivity contribution in [3.8, 4) is 5.75 Å². The Morgan fingerprint density at radius 1 is 0.966 bits per heavy atom. The maximum atomic E-state index is 12.4. The number of hydrogen-bond acceptors (Lipinski definition) is 4. The van der Waals surface area contributed by atoms with Crippen LogP contribution in [0.3, 0.4) is 0 Å². The fraction of sp³-hybridized carbons (Fsp3) is 0.0476. The van der Waals surface area contributed by atoms with E-state index in [-0.39, 0.29) is 11.5 Å². The first kappa shape index (κ1) is 19.8. The fourth-order valence-corrected chi connectivity index (χ4v) is 2.45. The molecule has 0 atom stereocenters. The molecule has 29 heavy (non-hydrogen) atoms. The van der Waals surface area contributed by atoms with Crippen LogP contribution in [-0.4, -0.2) is 18.4 Å². The van der Waals surface area contributed by atoms with Gasteiger partial charge in [-0.1, -0.05) is 24.3 Å². The summed E-state index contributed by atoms with van der Waals surface area (Å²) in [7, 11) is 0. The second-order valence-corrected chi connectivity index (χ2v) is 5.75. The Morgan fingerprint density at radius 2 is 1.72 bits per heavy atom. The van der Waals surface area contributed by atoms with E-state index >= 15 is 0 Å². The summed E-state index contributed by atoms with van der Waals surface area (Å²) in [5, 5.41) is 5.28. The number of halogens is 2. The van der Waals surface area contributed by atoms with Gasteiger partial charge in [0.05, 0.1) is 6.26 Å². The van der Waals surface area contributed by atoms with Crippen LogP contribution < -0.4 is 15.4 Å². The Kier molecular flexibility index (Phi) is 6.36. The molecule has 1 aromatic heterocycles. The number of alkyl halides is 2. The van der Waals surface area contributed by atoms with Gasteiger partial charge in [0.2, 0.25) is 5.91 Å². The van der Waals surface area contributed by atoms with Crippen molar-refractivity contribution in [2.24, 2.45) is 0 Å². The SMILES string of the molecule is O=C(/C=C/c1ccccc1OC(F)F)Nc1cccc(NC(=O)c2ccco2)c1. The molecule has 2 aromatic carbocycles. The summed E-state index contributed by atoms with van der Waals surface area (Å²) in [6, 6.07) is 15.8. The zero-order chi connectivity index (χ0) is 20.6. The first-order valence-electron chi connectivity index (χ1n) is 8.49. The minimum Gasteiger partial charge on any atom is -0.459 e. The van der Waals surface area contributed by atoms with Crippen molar-refractivity contribution in [3.63, 3.8) is 0 Å². The predicted octanol–water partition coefficient (Wildman–Crippen LogP) is 4.79. The molecule has 0 aliphatic heterocycles. The van der Waals surface area contributed by atoms with Crippen molar-refractivity contribution < 1.29 is 27.5 Å². The van der Waals surface area contributed by atoms with E-state index in [2.05, 4.69) is 15.4 Å². The number of para-hydroxylation sites is 1. The van der Waals surface area contributed by atoms with Gasteiger partial charge in [-0.05, 0) is 42.5 Å². The molecule has 6 nitrogen and oxygen atoms in total. The van der Waals surface area contributed by atoms with Gasteiger partial charge in [0.1, 0.15) is 5.75 Å². The summed E-state index contributed by atoms with van der Waals surface area (Å²) in [5.74, 6) is -0.776. The van der Waals surface area contributed by atoms with E-state index < -0.39 is 18.4 Å². The Bertz CT molecular complexity index is 1020. The average molecular weight is 398 g/mol. The van der Waals surface area contributed by atoms with Gasteiger partial charge in [0.15, 0.2) is 5.76 Å². The lowest BCUT2D eigenvalue weighted by molar-refractivity contribution is -0.111. The fourth-order valence-electron chi connectivity index (χ4n) is 2.45. The number of anilines is 2. The number of carbonyl (C=O) groups excluding carboxylic acids is 2. The van der Waals surface area contributed by atoms with Gasteiger partial charge in [0, 0.05) is 23.0 Å². The van der Waals surface area contributed by atoms with Crippen LogP contribution in [0.1, 0.15) is 16.1 Å². The highest BCUT2D eigenvalue weighted by Crippen LogP contribution is 2.22. The van der Waals surface area contributed by atoms with Crippen molar-refractivity contribution in [3.05, 3.63) is 84.3 Å². The Hall–Kier alpha value is -3.94. The summed E-state index contributed by atoms with van der Waals surface area (Å²) in [6.07, 6.45) is 3.96. The molecule has 1 heterocycles. The third-order valence-corrected chi connectivity index (χ3v) is 3.68. The first-order valence-corrected chi connectivity index (χ1v) is 8.49. The number of furan rings is 1. The number of benzene rings is 2. The molecule has 3 rings (SSSR count). The maximum Gasteiger partial charge on any atom is 0.387 e. The molecule has 0 unspecified atom stereocenters. The minimum absolute atomic E-state index is 0.0332. The summed E-state index contributed by atoms with van der Waals surface area (Å²) in [4.78, 5) is 24.2. The lowest BCUT2D eigenvalue weighted by Crippen LogP contribution is -2.12. The molecular formula is C21H16F2N2O4. The molecule has 8 heteroatoms. The Morgan fingerprint density at radius 3 is 2.45 bits per heavy atom. The van der Waals surface area contributed by atoms with Gasteiger partial charge in [-0.2, -0.15) is 8.78 Å². The number of nitrogens with one attached hydrogen (secondary N) is 2. The lowest BCUT2D eigenvalue weighted by Gasteiger charge is -2.08. The second-order valence-electron chi connectivity index (χ2n) is 5.75. The van der Waals surface area contributed by atoms with Crippen LogP contribution in [0.15, 0.2) is 77.4 Å². The van der Waals surface area contributed by atoms with Crippen molar-refractivity contribution in [2.75, 3.05) is 10.6 Å². The van der Waals surface area contributed by atoms with Crippen LogP contribution in [0.25, 0.3) is 6.08 Å². The molecule has 0 fully saturated rings. The quantitative estimate of drug-likeness (QED) is 0.561. The molecule has 0 saturated heterocycles. The van der Waals surface area contributed by atoms with E-state index in [1.54, 1.807) is 48.5 Å². The molecule has 2 amide bonds. The van der Waals surface area contributed by atoms with Gasteiger partial charge in [-0.3, -0.25) is 9.59 Å². The normalized spacial score (nSPS) is 10.9. The first-order chi connectivity index (χ1) is 14.0. The molecule has 0 bridgehead atoms. The standard InChI is InChI=1S/C21H16F2N2O4/c22-21(23)29-17-8-2-1-5-14(17)10-11-19(26)24-15-6-3-7-16(13-15)25-20(27)18-9-4-12-28-18/h1-13,21H,(H,24,26)(H,25,27)/b11-10+. The molecule has 0 saturated carbocycles. The molecular weight excluding hydrogens is 382 g/mol. The number of hydrogen-bond donors (Lipinski definition) is 2. The molecule has 0 radical (unpaired) electrons. The topological polar surface area (TPSA) is 80.6 Å². The van der Waals surface area contributed by atoms with E-state index in [0.717, 1.165) is 0 Å². The molecule has 0 aliphatic rings. The smallest absolute Gasteiger partial charge is 0.387 e. The van der Waals surface area contributed by atoms with Crippen molar-refractivity contribution in [1.29, 1.82) is 0 Å². The van der Waals surface area contributed by atoms with Crippen LogP contribution in [0.4, 0.5) is 20.2 Å². The zero-order valence-electron chi connectivity index (χ0n) is 15.0. The van der Waals surface area contributed by atoms with Gasteiger partial charge >= 0.3 is 6.61 Å². The molecule has 3 aromatic rings. The van der Waals surface area contributed by atoms with Crippen LogP contribution in [-0.2, 0) is 4.79 Å². The summed E-state index contributed by atoms with van der Waals surface area (Å²) < 4.78 is 34.3. The van der Waals surface area contributed by atoms with E-state index in [4.69, 9.17) is 4.42 Å². The third kappa shape index (κ3) is 5.77. The lowest BCUT2D eigenvalue weighted by atomic mass is 10.2. The minimum atomic E-state index is -2.96. The number of rotatable bonds is 7. The van der Waals surface area contributed by atoms with E-state index in [1.165, 1.54) is 30.5 Å². The highest BCUT2D eigenvalue weighted by atomic mass is 19.3. The van der Waals surface area contributed by atoms with Crippen molar-refractivity contribution >= 4 is 29.3 Å². The number of carbonyl (C=O) groups is 2. The molecule has 0 spiro atoms. The van der Waals surface area contributed by atoms with Crippen LogP contribution >= 0.6 is 0 Å². The number of amides is 2. The zero-order valence-corrected chi connectivity index (χ0v) is 15.0. The monoisotopic (exact) mass is 398 g/mol.